The van der Waals surface area contributed by atoms with Crippen molar-refractivity contribution in [1.82, 2.24) is 16.0 Å². The minimum atomic E-state index is -1.13. The number of alkyl carbamates (subject to hydrolysis) is 2. The Hall–Kier alpha value is -5.01. The first-order valence-electron chi connectivity index (χ1n) is 18.5. The molecule has 2 aliphatic heterocycles. The standard InChI is InChI=1S/C41H50FN3O9/c1-28(38(47)50-2)45-37(46)20-19-33-24-35(52-40(49)43-23-21-29-15-17-32(42)18-16-29)25-41(53-33)22-9-14-34(54-41)27-51-39(48)44-26-36(30-10-5-3-6-11-30)31-12-7-4-8-13-31/h3-8,10-13,15-18,28,33-36H,9,14,19-27H2,1-2H3,(H,43,49)(H,44,48)(H,45,46)/t28-,33?,34?,35?,41?/m0/s1. The molecule has 5 atom stereocenters. The zero-order valence-corrected chi connectivity index (χ0v) is 30.8. The number of esters is 1. The van der Waals surface area contributed by atoms with Gasteiger partial charge in [-0.1, -0.05) is 72.8 Å². The number of carbonyl (C=O) groups excluding carboxylic acids is 4. The van der Waals surface area contributed by atoms with Crippen molar-refractivity contribution < 1.29 is 47.3 Å². The Bertz CT molecular complexity index is 1620. The second-order valence-electron chi connectivity index (χ2n) is 13.8. The van der Waals surface area contributed by atoms with Crippen LogP contribution in [0.15, 0.2) is 84.9 Å². The molecule has 2 aliphatic rings. The molecule has 0 saturated carbocycles. The first-order valence-corrected chi connectivity index (χ1v) is 18.5. The number of carbonyl (C=O) groups is 4. The molecule has 0 aliphatic carbocycles. The number of nitrogens with one attached hydrogen (secondary N) is 3. The summed E-state index contributed by atoms with van der Waals surface area (Å²) in [4.78, 5) is 50.3. The highest BCUT2D eigenvalue weighted by Crippen LogP contribution is 2.41. The zero-order chi connectivity index (χ0) is 38.3. The van der Waals surface area contributed by atoms with Gasteiger partial charge in [-0.05, 0) is 61.4 Å². The lowest BCUT2D eigenvalue weighted by Gasteiger charge is -2.47. The molecule has 3 aromatic rings. The number of rotatable bonds is 15. The molecule has 0 aromatic heterocycles. The van der Waals surface area contributed by atoms with E-state index in [0.29, 0.717) is 38.6 Å². The topological polar surface area (TPSA) is 151 Å². The molecule has 13 heteroatoms. The van der Waals surface area contributed by atoms with E-state index in [-0.39, 0.29) is 50.1 Å². The summed E-state index contributed by atoms with van der Waals surface area (Å²) in [6.07, 6.45) is 0.494. The Morgan fingerprint density at radius 2 is 1.56 bits per heavy atom. The van der Waals surface area contributed by atoms with Gasteiger partial charge in [-0.15, -0.1) is 0 Å². The van der Waals surface area contributed by atoms with Crippen molar-refractivity contribution in [3.63, 3.8) is 0 Å². The maximum absolute atomic E-state index is 13.3. The fourth-order valence-electron chi connectivity index (χ4n) is 6.96. The van der Waals surface area contributed by atoms with E-state index in [1.165, 1.54) is 26.2 Å². The van der Waals surface area contributed by atoms with Crippen LogP contribution in [0.1, 0.15) is 74.5 Å². The van der Waals surface area contributed by atoms with E-state index >= 15 is 0 Å². The van der Waals surface area contributed by atoms with Crippen LogP contribution in [0.4, 0.5) is 14.0 Å². The maximum Gasteiger partial charge on any atom is 0.407 e. The van der Waals surface area contributed by atoms with Crippen LogP contribution in [0.2, 0.25) is 0 Å². The van der Waals surface area contributed by atoms with Gasteiger partial charge in [0.05, 0.1) is 19.3 Å². The fourth-order valence-corrected chi connectivity index (χ4v) is 6.96. The van der Waals surface area contributed by atoms with Crippen LogP contribution in [0.3, 0.4) is 0 Å². The van der Waals surface area contributed by atoms with Gasteiger partial charge in [-0.25, -0.2) is 18.8 Å². The number of benzene rings is 3. The van der Waals surface area contributed by atoms with Crippen LogP contribution in [0.25, 0.3) is 0 Å². The second-order valence-corrected chi connectivity index (χ2v) is 13.8. The monoisotopic (exact) mass is 747 g/mol. The summed E-state index contributed by atoms with van der Waals surface area (Å²) in [5.41, 5.74) is 3.00. The molecule has 290 valence electrons. The van der Waals surface area contributed by atoms with Crippen LogP contribution >= 0.6 is 0 Å². The maximum atomic E-state index is 13.3. The third-order valence-electron chi connectivity index (χ3n) is 9.66. The van der Waals surface area contributed by atoms with Crippen molar-refractivity contribution in [3.8, 4) is 0 Å². The van der Waals surface area contributed by atoms with Crippen molar-refractivity contribution in [3.05, 3.63) is 107 Å². The molecule has 5 rings (SSSR count). The van der Waals surface area contributed by atoms with Gasteiger partial charge in [-0.3, -0.25) is 4.79 Å². The van der Waals surface area contributed by atoms with Crippen molar-refractivity contribution in [2.45, 2.75) is 94.3 Å². The van der Waals surface area contributed by atoms with Gasteiger partial charge in [-0.2, -0.15) is 0 Å². The van der Waals surface area contributed by atoms with Crippen LogP contribution < -0.4 is 16.0 Å². The number of amides is 3. The highest BCUT2D eigenvalue weighted by molar-refractivity contribution is 5.84. The third kappa shape index (κ3) is 12.3. The van der Waals surface area contributed by atoms with Gasteiger partial charge in [0.1, 0.15) is 24.6 Å². The molecule has 2 heterocycles. The van der Waals surface area contributed by atoms with Gasteiger partial charge in [0.15, 0.2) is 5.79 Å². The van der Waals surface area contributed by atoms with E-state index in [4.69, 9.17) is 23.7 Å². The Morgan fingerprint density at radius 1 is 0.889 bits per heavy atom. The quantitative estimate of drug-likeness (QED) is 0.127. The summed E-state index contributed by atoms with van der Waals surface area (Å²) in [6.45, 7) is 2.16. The number of halogens is 1. The first kappa shape index (κ1) is 40.2. The molecule has 3 N–H and O–H groups in total. The molecular formula is C41H50FN3O9. The van der Waals surface area contributed by atoms with Crippen molar-refractivity contribution >= 4 is 24.1 Å². The SMILES string of the molecule is COC(=O)[C@H](C)NC(=O)CCC1CC(OC(=O)NCCc2ccc(F)cc2)CC2(CCCC(COC(=O)NCC(c3ccccc3)c3ccccc3)O2)O1. The Kier molecular flexibility index (Phi) is 14.8. The highest BCUT2D eigenvalue weighted by Gasteiger charge is 2.47. The molecule has 12 nitrogen and oxygen atoms in total. The smallest absolute Gasteiger partial charge is 0.407 e. The van der Waals surface area contributed by atoms with E-state index in [1.54, 1.807) is 12.1 Å². The largest absolute Gasteiger partial charge is 0.467 e. The molecule has 0 radical (unpaired) electrons. The third-order valence-corrected chi connectivity index (χ3v) is 9.66. The normalized spacial score (nSPS) is 21.4. The lowest BCUT2D eigenvalue weighted by Crippen LogP contribution is -2.54. The van der Waals surface area contributed by atoms with E-state index in [1.807, 2.05) is 60.7 Å². The van der Waals surface area contributed by atoms with E-state index < -0.39 is 48.3 Å². The predicted molar refractivity (Wildman–Crippen MR) is 197 cm³/mol. The number of methoxy groups -OCH3 is 1. The van der Waals surface area contributed by atoms with Gasteiger partial charge in [0.2, 0.25) is 5.91 Å². The molecular weight excluding hydrogens is 697 g/mol. The van der Waals surface area contributed by atoms with Crippen molar-refractivity contribution in [1.29, 1.82) is 0 Å². The molecule has 4 unspecified atom stereocenters. The van der Waals surface area contributed by atoms with E-state index in [0.717, 1.165) is 16.7 Å². The van der Waals surface area contributed by atoms with Crippen LogP contribution in [0.5, 0.6) is 0 Å². The van der Waals surface area contributed by atoms with Gasteiger partial charge < -0.3 is 39.6 Å². The summed E-state index contributed by atoms with van der Waals surface area (Å²) in [7, 11) is 1.25. The molecule has 54 heavy (non-hydrogen) atoms. The highest BCUT2D eigenvalue weighted by atomic mass is 19.1. The average Bonchev–Trinajstić information content (AvgIpc) is 3.17. The van der Waals surface area contributed by atoms with Crippen LogP contribution in [-0.4, -0.2) is 81.0 Å². The molecule has 2 fully saturated rings. The first-order chi connectivity index (χ1) is 26.1. The summed E-state index contributed by atoms with van der Waals surface area (Å²) in [5.74, 6) is -2.44. The number of hydrogen-bond acceptors (Lipinski definition) is 9. The summed E-state index contributed by atoms with van der Waals surface area (Å²) in [5, 5.41) is 8.30. The van der Waals surface area contributed by atoms with Crippen molar-refractivity contribution in [2.24, 2.45) is 0 Å². The van der Waals surface area contributed by atoms with E-state index in [2.05, 4.69) is 16.0 Å². The summed E-state index contributed by atoms with van der Waals surface area (Å²) in [6, 6.07) is 25.1. The lowest BCUT2D eigenvalue weighted by atomic mass is 9.90. The minimum absolute atomic E-state index is 0.00777. The molecule has 1 spiro atoms. The number of ether oxygens (including phenoxy) is 5. The Balaban J connectivity index is 1.17. The van der Waals surface area contributed by atoms with Crippen LogP contribution in [0, 0.1) is 5.82 Å². The zero-order valence-electron chi connectivity index (χ0n) is 30.8. The van der Waals surface area contributed by atoms with Gasteiger partial charge >= 0.3 is 18.2 Å². The van der Waals surface area contributed by atoms with Gasteiger partial charge in [0, 0.05) is 44.7 Å². The number of hydrogen-bond donors (Lipinski definition) is 3. The summed E-state index contributed by atoms with van der Waals surface area (Å²) < 4.78 is 42.5. The molecule has 3 amide bonds. The minimum Gasteiger partial charge on any atom is -0.467 e. The Labute approximate surface area is 315 Å². The molecule has 0 bridgehead atoms. The molecule has 2 saturated heterocycles. The van der Waals surface area contributed by atoms with Crippen LogP contribution in [-0.2, 0) is 39.7 Å². The fraction of sp³-hybridized carbons (Fsp3) is 0.463. The average molecular weight is 748 g/mol. The lowest BCUT2D eigenvalue weighted by molar-refractivity contribution is -0.329. The predicted octanol–water partition coefficient (Wildman–Crippen LogP) is 5.92. The molecule has 3 aromatic carbocycles. The Morgan fingerprint density at radius 3 is 2.22 bits per heavy atom. The van der Waals surface area contributed by atoms with Gasteiger partial charge in [0.25, 0.3) is 0 Å². The second kappa shape index (κ2) is 19.9. The van der Waals surface area contributed by atoms with Crippen molar-refractivity contribution in [2.75, 3.05) is 26.8 Å². The summed E-state index contributed by atoms with van der Waals surface area (Å²) >= 11 is 0. The van der Waals surface area contributed by atoms with E-state index in [9.17, 15) is 23.6 Å².